The Hall–Kier alpha value is -4.52. The van der Waals surface area contributed by atoms with E-state index in [-0.39, 0.29) is 32.6 Å². The molecule has 3 aromatic heterocycles. The molecule has 206 valence electrons. The third-order valence-electron chi connectivity index (χ3n) is 5.46. The van der Waals surface area contributed by atoms with Crippen LogP contribution in [0.5, 0.6) is 0 Å². The summed E-state index contributed by atoms with van der Waals surface area (Å²) in [4.78, 5) is 3.52. The van der Waals surface area contributed by atoms with E-state index in [4.69, 9.17) is 9.11 Å². The standard InChI is InChI=1S/C22H14F3N7O6S2/c23-22(24,25)13-9-18(20-11-31(29-27-20)14-1-5-16(6-2-14)39(33,34)35)26-19(10-13)21-12-32(30-28-21)15-3-7-17(8-4-15)40(36,37)38/h1-12H,(H,33,34,35)(H,36,37,38). The number of aromatic nitrogens is 7. The molecule has 0 unspecified atom stereocenters. The van der Waals surface area contributed by atoms with Gasteiger partial charge in [0.1, 0.15) is 11.4 Å². The highest BCUT2D eigenvalue weighted by Gasteiger charge is 2.32. The zero-order valence-electron chi connectivity index (χ0n) is 19.5. The molecular formula is C22H14F3N7O6S2. The number of hydrogen-bond donors (Lipinski definition) is 2. The van der Waals surface area contributed by atoms with Gasteiger partial charge in [0.15, 0.2) is 0 Å². The Morgan fingerprint density at radius 2 is 1.00 bits per heavy atom. The van der Waals surface area contributed by atoms with Crippen LogP contribution in [-0.2, 0) is 26.4 Å². The molecule has 0 atom stereocenters. The first-order valence-electron chi connectivity index (χ1n) is 10.8. The van der Waals surface area contributed by atoms with E-state index in [1.165, 1.54) is 46.0 Å². The Bertz CT molecular complexity index is 1810. The monoisotopic (exact) mass is 593 g/mol. The normalized spacial score (nSPS) is 12.5. The van der Waals surface area contributed by atoms with Crippen LogP contribution in [-0.4, -0.2) is 60.9 Å². The quantitative estimate of drug-likeness (QED) is 0.276. The summed E-state index contributed by atoms with van der Waals surface area (Å²) < 4.78 is 107. The summed E-state index contributed by atoms with van der Waals surface area (Å²) in [6.45, 7) is 0. The van der Waals surface area contributed by atoms with Gasteiger partial charge in [-0.25, -0.2) is 14.3 Å². The predicted molar refractivity (Wildman–Crippen MR) is 130 cm³/mol. The summed E-state index contributed by atoms with van der Waals surface area (Å²) in [6, 6.07) is 11.3. The average Bonchev–Trinajstić information content (AvgIpc) is 3.58. The summed E-state index contributed by atoms with van der Waals surface area (Å²) in [5, 5.41) is 15.5. The van der Waals surface area contributed by atoms with Crippen LogP contribution in [0.3, 0.4) is 0 Å². The maximum atomic E-state index is 13.7. The highest BCUT2D eigenvalue weighted by atomic mass is 32.2. The van der Waals surface area contributed by atoms with Crippen molar-refractivity contribution in [2.24, 2.45) is 0 Å². The van der Waals surface area contributed by atoms with E-state index in [0.29, 0.717) is 11.4 Å². The van der Waals surface area contributed by atoms with Gasteiger partial charge in [0.05, 0.1) is 50.5 Å². The second-order valence-electron chi connectivity index (χ2n) is 8.16. The zero-order valence-corrected chi connectivity index (χ0v) is 21.2. The second kappa shape index (κ2) is 9.59. The number of benzene rings is 2. The average molecular weight is 594 g/mol. The van der Waals surface area contributed by atoms with E-state index < -0.39 is 32.0 Å². The summed E-state index contributed by atoms with van der Waals surface area (Å²) in [6.07, 6.45) is -2.19. The van der Waals surface area contributed by atoms with Gasteiger partial charge < -0.3 is 0 Å². The fraction of sp³-hybridized carbons (Fsp3) is 0.0455. The molecule has 0 saturated heterocycles. The van der Waals surface area contributed by atoms with E-state index in [1.807, 2.05) is 0 Å². The first kappa shape index (κ1) is 27.1. The van der Waals surface area contributed by atoms with E-state index in [2.05, 4.69) is 25.6 Å². The van der Waals surface area contributed by atoms with Gasteiger partial charge in [0, 0.05) is 0 Å². The van der Waals surface area contributed by atoms with E-state index in [0.717, 1.165) is 36.4 Å². The van der Waals surface area contributed by atoms with Crippen LogP contribution < -0.4 is 0 Å². The second-order valence-corrected chi connectivity index (χ2v) is 11.0. The van der Waals surface area contributed by atoms with Crippen molar-refractivity contribution in [3.05, 3.63) is 78.6 Å². The van der Waals surface area contributed by atoms with E-state index >= 15 is 0 Å². The maximum Gasteiger partial charge on any atom is 0.416 e. The summed E-state index contributed by atoms with van der Waals surface area (Å²) >= 11 is 0. The molecule has 2 aromatic carbocycles. The largest absolute Gasteiger partial charge is 0.416 e. The maximum absolute atomic E-state index is 13.7. The number of rotatable bonds is 6. The first-order chi connectivity index (χ1) is 18.7. The molecule has 0 aliphatic heterocycles. The van der Waals surface area contributed by atoms with E-state index in [9.17, 15) is 30.0 Å². The van der Waals surface area contributed by atoms with Crippen molar-refractivity contribution >= 4 is 20.2 Å². The van der Waals surface area contributed by atoms with Gasteiger partial charge >= 0.3 is 6.18 Å². The van der Waals surface area contributed by atoms with Gasteiger partial charge in [-0.05, 0) is 60.7 Å². The van der Waals surface area contributed by atoms with Gasteiger partial charge in [-0.15, -0.1) is 10.2 Å². The first-order valence-corrected chi connectivity index (χ1v) is 13.7. The fourth-order valence-corrected chi connectivity index (χ4v) is 4.47. The molecule has 18 heteroatoms. The molecule has 0 fully saturated rings. The van der Waals surface area contributed by atoms with Crippen LogP contribution in [0.25, 0.3) is 34.2 Å². The molecule has 0 spiro atoms. The number of hydrogen-bond acceptors (Lipinski definition) is 9. The summed E-state index contributed by atoms with van der Waals surface area (Å²) in [5.41, 5.74) is -0.914. The SMILES string of the molecule is O=S(=O)(O)c1ccc(-n2cc(-c3cc(C(F)(F)F)cc(-c4cn(-c5ccc(S(=O)(=O)O)cc5)nn4)n3)nn2)cc1. The minimum absolute atomic E-state index is 0.0422. The topological polar surface area (TPSA) is 183 Å². The molecule has 0 amide bonds. The molecule has 0 aliphatic rings. The van der Waals surface area contributed by atoms with Gasteiger partial charge in [0.25, 0.3) is 20.2 Å². The molecule has 0 aliphatic carbocycles. The smallest absolute Gasteiger partial charge is 0.282 e. The lowest BCUT2D eigenvalue weighted by Crippen LogP contribution is -2.06. The van der Waals surface area contributed by atoms with Crippen LogP contribution in [0.2, 0.25) is 0 Å². The highest BCUT2D eigenvalue weighted by molar-refractivity contribution is 7.86. The van der Waals surface area contributed by atoms with Gasteiger partial charge in [-0.2, -0.15) is 30.0 Å². The lowest BCUT2D eigenvalue weighted by atomic mass is 10.1. The van der Waals surface area contributed by atoms with Crippen LogP contribution >= 0.6 is 0 Å². The number of nitrogens with zero attached hydrogens (tertiary/aromatic N) is 7. The molecule has 13 nitrogen and oxygen atoms in total. The zero-order chi connectivity index (χ0) is 28.9. The Morgan fingerprint density at radius 3 is 1.32 bits per heavy atom. The molecular weight excluding hydrogens is 579 g/mol. The van der Waals surface area contributed by atoms with Crippen molar-refractivity contribution < 1.29 is 39.1 Å². The lowest BCUT2D eigenvalue weighted by molar-refractivity contribution is -0.137. The molecule has 40 heavy (non-hydrogen) atoms. The van der Waals surface area contributed by atoms with Crippen molar-refractivity contribution in [1.82, 2.24) is 35.0 Å². The third kappa shape index (κ3) is 5.59. The van der Waals surface area contributed by atoms with Gasteiger partial charge in [-0.1, -0.05) is 10.4 Å². The van der Waals surface area contributed by atoms with Crippen molar-refractivity contribution in [3.63, 3.8) is 0 Å². The fourth-order valence-electron chi connectivity index (χ4n) is 3.51. The number of alkyl halides is 3. The molecule has 2 N–H and O–H groups in total. The van der Waals surface area contributed by atoms with E-state index in [1.54, 1.807) is 0 Å². The summed E-state index contributed by atoms with van der Waals surface area (Å²) in [5.74, 6) is 0. The molecule has 3 heterocycles. The Balaban J connectivity index is 1.51. The Labute approximate surface area is 223 Å². The summed E-state index contributed by atoms with van der Waals surface area (Å²) in [7, 11) is -8.84. The number of halogens is 3. The minimum atomic E-state index is -4.75. The van der Waals surface area contributed by atoms with Crippen molar-refractivity contribution in [3.8, 4) is 34.2 Å². The van der Waals surface area contributed by atoms with Crippen molar-refractivity contribution in [2.45, 2.75) is 16.0 Å². The Morgan fingerprint density at radius 1 is 0.625 bits per heavy atom. The minimum Gasteiger partial charge on any atom is -0.282 e. The van der Waals surface area contributed by atoms with Crippen molar-refractivity contribution in [2.75, 3.05) is 0 Å². The molecule has 5 aromatic rings. The molecule has 0 radical (unpaired) electrons. The van der Waals surface area contributed by atoms with Crippen LogP contribution in [0.4, 0.5) is 13.2 Å². The predicted octanol–water partition coefficient (Wildman–Crippen LogP) is 3.09. The Kier molecular flexibility index (Phi) is 6.49. The molecule has 0 saturated carbocycles. The lowest BCUT2D eigenvalue weighted by Gasteiger charge is -2.09. The van der Waals surface area contributed by atoms with Crippen LogP contribution in [0.15, 0.2) is 82.8 Å². The number of pyridine rings is 1. The van der Waals surface area contributed by atoms with Crippen LogP contribution in [0.1, 0.15) is 5.56 Å². The third-order valence-corrected chi connectivity index (χ3v) is 7.20. The molecule has 5 rings (SSSR count). The van der Waals surface area contributed by atoms with Crippen molar-refractivity contribution in [1.29, 1.82) is 0 Å². The van der Waals surface area contributed by atoms with Gasteiger partial charge in [-0.3, -0.25) is 9.11 Å². The van der Waals surface area contributed by atoms with Crippen LogP contribution in [0, 0.1) is 0 Å². The molecule has 0 bridgehead atoms. The van der Waals surface area contributed by atoms with Gasteiger partial charge in [0.2, 0.25) is 0 Å². The highest BCUT2D eigenvalue weighted by Crippen LogP contribution is 2.34.